The van der Waals surface area contributed by atoms with Crippen molar-refractivity contribution in [1.29, 1.82) is 0 Å². The van der Waals surface area contributed by atoms with Crippen molar-refractivity contribution in [1.82, 2.24) is 0 Å². The highest BCUT2D eigenvalue weighted by Gasteiger charge is 2.11. The van der Waals surface area contributed by atoms with Gasteiger partial charge < -0.3 is 0 Å². The lowest BCUT2D eigenvalue weighted by molar-refractivity contribution is 1.14. The minimum absolute atomic E-state index is 0.253. The molecule has 18 heavy (non-hydrogen) atoms. The maximum absolute atomic E-state index is 3.80. The van der Waals surface area contributed by atoms with Crippen molar-refractivity contribution >= 4 is 31.9 Å². The van der Waals surface area contributed by atoms with Gasteiger partial charge in [0.25, 0.3) is 0 Å². The normalized spacial score (nSPS) is 12.5. The highest BCUT2D eigenvalue weighted by molar-refractivity contribution is 9.10. The van der Waals surface area contributed by atoms with Gasteiger partial charge in [0.05, 0.1) is 4.83 Å². The standard InChI is InChI=1S/C16H16Br2/c1-10-4-5-13(8-11(10)2)16(18)14-6-7-15(17)12(3)9-14/h4-9,16H,1-3H3. The van der Waals surface area contributed by atoms with Gasteiger partial charge in [-0.15, -0.1) is 0 Å². The lowest BCUT2D eigenvalue weighted by atomic mass is 9.99. The van der Waals surface area contributed by atoms with Gasteiger partial charge in [0.1, 0.15) is 0 Å². The molecular formula is C16H16Br2. The largest absolute Gasteiger partial charge is 0.0786 e. The Morgan fingerprint density at radius 2 is 1.33 bits per heavy atom. The highest BCUT2D eigenvalue weighted by atomic mass is 79.9. The van der Waals surface area contributed by atoms with Gasteiger partial charge in [0.15, 0.2) is 0 Å². The zero-order valence-electron chi connectivity index (χ0n) is 10.8. The third kappa shape index (κ3) is 2.86. The van der Waals surface area contributed by atoms with Crippen LogP contribution in [0.5, 0.6) is 0 Å². The molecule has 0 aliphatic rings. The van der Waals surface area contributed by atoms with E-state index in [2.05, 4.69) is 89.0 Å². The molecule has 0 aromatic heterocycles. The Labute approximate surface area is 126 Å². The zero-order valence-corrected chi connectivity index (χ0v) is 14.0. The van der Waals surface area contributed by atoms with E-state index in [0.29, 0.717) is 0 Å². The first-order valence-electron chi connectivity index (χ1n) is 5.96. The summed E-state index contributed by atoms with van der Waals surface area (Å²) in [4.78, 5) is 0.253. The maximum Gasteiger partial charge on any atom is 0.0644 e. The molecule has 0 spiro atoms. The van der Waals surface area contributed by atoms with Crippen molar-refractivity contribution < 1.29 is 0 Å². The summed E-state index contributed by atoms with van der Waals surface area (Å²) in [5.74, 6) is 0. The SMILES string of the molecule is Cc1ccc(C(Br)c2ccc(Br)c(C)c2)cc1C. The first kappa shape index (κ1) is 13.8. The maximum atomic E-state index is 3.80. The van der Waals surface area contributed by atoms with E-state index in [1.807, 2.05) is 0 Å². The Hall–Kier alpha value is -0.600. The summed E-state index contributed by atoms with van der Waals surface area (Å²) >= 11 is 7.34. The van der Waals surface area contributed by atoms with Crippen LogP contribution in [0.4, 0.5) is 0 Å². The molecule has 0 nitrogen and oxygen atoms in total. The van der Waals surface area contributed by atoms with Gasteiger partial charge in [-0.05, 0) is 54.7 Å². The van der Waals surface area contributed by atoms with E-state index in [-0.39, 0.29) is 4.83 Å². The van der Waals surface area contributed by atoms with Gasteiger partial charge in [0.2, 0.25) is 0 Å². The molecule has 0 aliphatic carbocycles. The van der Waals surface area contributed by atoms with Crippen molar-refractivity contribution in [3.63, 3.8) is 0 Å². The molecule has 0 saturated heterocycles. The predicted molar refractivity (Wildman–Crippen MR) is 85.6 cm³/mol. The number of alkyl halides is 1. The molecule has 2 rings (SSSR count). The molecule has 0 heterocycles. The monoisotopic (exact) mass is 366 g/mol. The van der Waals surface area contributed by atoms with Crippen molar-refractivity contribution in [3.8, 4) is 0 Å². The van der Waals surface area contributed by atoms with Crippen LogP contribution >= 0.6 is 31.9 Å². The Morgan fingerprint density at radius 3 is 1.89 bits per heavy atom. The van der Waals surface area contributed by atoms with Crippen LogP contribution < -0.4 is 0 Å². The third-order valence-corrected chi connectivity index (χ3v) is 5.25. The topological polar surface area (TPSA) is 0 Å². The molecule has 1 unspecified atom stereocenters. The number of rotatable bonds is 2. The third-order valence-electron chi connectivity index (χ3n) is 3.30. The van der Waals surface area contributed by atoms with Crippen molar-refractivity contribution in [2.24, 2.45) is 0 Å². The van der Waals surface area contributed by atoms with Crippen molar-refractivity contribution in [2.45, 2.75) is 25.6 Å². The van der Waals surface area contributed by atoms with E-state index in [4.69, 9.17) is 0 Å². The Bertz CT molecular complexity index is 522. The number of hydrogen-bond acceptors (Lipinski definition) is 0. The molecule has 0 amide bonds. The Balaban J connectivity index is 2.37. The van der Waals surface area contributed by atoms with Gasteiger partial charge in [-0.2, -0.15) is 0 Å². The van der Waals surface area contributed by atoms with E-state index < -0.39 is 0 Å². The van der Waals surface area contributed by atoms with Gasteiger partial charge in [-0.1, -0.05) is 62.2 Å². The zero-order chi connectivity index (χ0) is 13.3. The molecule has 2 heteroatoms. The van der Waals surface area contributed by atoms with Crippen LogP contribution in [-0.4, -0.2) is 0 Å². The second-order valence-electron chi connectivity index (χ2n) is 4.71. The predicted octanol–water partition coefficient (Wildman–Crippen LogP) is 5.86. The number of hydrogen-bond donors (Lipinski definition) is 0. The van der Waals surface area contributed by atoms with Crippen LogP contribution in [0, 0.1) is 20.8 Å². The highest BCUT2D eigenvalue weighted by Crippen LogP contribution is 2.33. The van der Waals surface area contributed by atoms with Gasteiger partial charge in [-0.3, -0.25) is 0 Å². The van der Waals surface area contributed by atoms with E-state index >= 15 is 0 Å². The smallest absolute Gasteiger partial charge is 0.0644 e. The molecule has 0 fully saturated rings. The number of aryl methyl sites for hydroxylation is 3. The van der Waals surface area contributed by atoms with Gasteiger partial charge in [-0.25, -0.2) is 0 Å². The fourth-order valence-corrected chi connectivity index (χ4v) is 2.76. The quantitative estimate of drug-likeness (QED) is 0.583. The minimum atomic E-state index is 0.253. The molecule has 0 bridgehead atoms. The lowest BCUT2D eigenvalue weighted by Crippen LogP contribution is -1.95. The average molecular weight is 368 g/mol. The Kier molecular flexibility index (Phi) is 4.29. The molecule has 2 aromatic rings. The van der Waals surface area contributed by atoms with Gasteiger partial charge in [0, 0.05) is 4.47 Å². The first-order valence-corrected chi connectivity index (χ1v) is 7.67. The van der Waals surface area contributed by atoms with Crippen LogP contribution in [0.15, 0.2) is 40.9 Å². The van der Waals surface area contributed by atoms with Crippen LogP contribution in [0.1, 0.15) is 32.6 Å². The van der Waals surface area contributed by atoms with Crippen LogP contribution in [0.3, 0.4) is 0 Å². The van der Waals surface area contributed by atoms with Crippen molar-refractivity contribution in [2.75, 3.05) is 0 Å². The molecular weight excluding hydrogens is 352 g/mol. The average Bonchev–Trinajstić information content (AvgIpc) is 2.35. The van der Waals surface area contributed by atoms with Crippen LogP contribution in [0.2, 0.25) is 0 Å². The lowest BCUT2D eigenvalue weighted by Gasteiger charge is -2.14. The van der Waals surface area contributed by atoms with Crippen molar-refractivity contribution in [3.05, 3.63) is 68.7 Å². The summed E-state index contributed by atoms with van der Waals surface area (Å²) in [5, 5.41) is 0. The Morgan fingerprint density at radius 1 is 0.778 bits per heavy atom. The summed E-state index contributed by atoms with van der Waals surface area (Å²) in [6.45, 7) is 6.42. The number of halogens is 2. The summed E-state index contributed by atoms with van der Waals surface area (Å²) < 4.78 is 1.16. The summed E-state index contributed by atoms with van der Waals surface area (Å²) in [5.41, 5.74) is 6.54. The molecule has 1 atom stereocenters. The second kappa shape index (κ2) is 5.58. The summed E-state index contributed by atoms with van der Waals surface area (Å²) in [6, 6.07) is 13.1. The molecule has 0 saturated carbocycles. The summed E-state index contributed by atoms with van der Waals surface area (Å²) in [6.07, 6.45) is 0. The van der Waals surface area contributed by atoms with E-state index in [1.165, 1.54) is 27.8 Å². The second-order valence-corrected chi connectivity index (χ2v) is 6.48. The molecule has 0 N–H and O–H groups in total. The van der Waals surface area contributed by atoms with E-state index in [0.717, 1.165) is 4.47 Å². The molecule has 2 aromatic carbocycles. The fraction of sp³-hybridized carbons (Fsp3) is 0.250. The molecule has 0 radical (unpaired) electrons. The van der Waals surface area contributed by atoms with E-state index in [9.17, 15) is 0 Å². The van der Waals surface area contributed by atoms with Crippen LogP contribution in [-0.2, 0) is 0 Å². The molecule has 94 valence electrons. The fourth-order valence-electron chi connectivity index (χ4n) is 1.94. The van der Waals surface area contributed by atoms with E-state index in [1.54, 1.807) is 0 Å². The van der Waals surface area contributed by atoms with Crippen LogP contribution in [0.25, 0.3) is 0 Å². The first-order chi connectivity index (χ1) is 8.49. The number of benzene rings is 2. The molecule has 0 aliphatic heterocycles. The minimum Gasteiger partial charge on any atom is -0.0786 e. The van der Waals surface area contributed by atoms with Gasteiger partial charge >= 0.3 is 0 Å². The summed E-state index contributed by atoms with van der Waals surface area (Å²) in [7, 11) is 0.